The summed E-state index contributed by atoms with van der Waals surface area (Å²) < 4.78 is 1.62. The Balaban J connectivity index is 2.05. The van der Waals surface area contributed by atoms with Crippen molar-refractivity contribution in [1.82, 2.24) is 14.9 Å². The fourth-order valence-corrected chi connectivity index (χ4v) is 1.56. The Morgan fingerprint density at radius 1 is 1.56 bits per heavy atom. The van der Waals surface area contributed by atoms with E-state index in [4.69, 9.17) is 10.9 Å². The average molecular weight is 247 g/mol. The van der Waals surface area contributed by atoms with Crippen LogP contribution in [0.2, 0.25) is 0 Å². The van der Waals surface area contributed by atoms with Gasteiger partial charge in [-0.05, 0) is 12.1 Å². The topological polar surface area (TPSA) is 105 Å². The van der Waals surface area contributed by atoms with Crippen molar-refractivity contribution in [1.29, 1.82) is 0 Å². The van der Waals surface area contributed by atoms with Gasteiger partial charge < -0.3 is 16.3 Å². The number of amides is 1. The molecule has 0 fully saturated rings. The number of oxime groups is 1. The average Bonchev–Trinajstić information content (AvgIpc) is 2.82. The molecular weight excluding hydrogens is 234 g/mol. The van der Waals surface area contributed by atoms with Crippen molar-refractivity contribution in [3.05, 3.63) is 36.2 Å². The van der Waals surface area contributed by atoms with Gasteiger partial charge in [-0.2, -0.15) is 5.10 Å². The van der Waals surface area contributed by atoms with Crippen molar-refractivity contribution >= 4 is 17.3 Å². The highest BCUT2D eigenvalue weighted by atomic mass is 16.4. The first kappa shape index (κ1) is 11.9. The lowest BCUT2D eigenvalue weighted by molar-refractivity contribution is 0.0956. The Hall–Kier alpha value is -2.57. The summed E-state index contributed by atoms with van der Waals surface area (Å²) in [6.45, 7) is 0.304. The summed E-state index contributed by atoms with van der Waals surface area (Å²) in [4.78, 5) is 11.9. The lowest BCUT2D eigenvalue weighted by Crippen LogP contribution is -2.27. The molecule has 0 unspecified atom stereocenters. The van der Waals surface area contributed by atoms with E-state index in [-0.39, 0.29) is 11.7 Å². The van der Waals surface area contributed by atoms with E-state index in [2.05, 4.69) is 15.6 Å². The van der Waals surface area contributed by atoms with Crippen LogP contribution in [-0.4, -0.2) is 33.1 Å². The molecule has 0 aromatic carbocycles. The highest BCUT2D eigenvalue weighted by Crippen LogP contribution is 2.09. The van der Waals surface area contributed by atoms with E-state index in [0.717, 1.165) is 5.52 Å². The molecule has 4 N–H and O–H groups in total. The summed E-state index contributed by atoms with van der Waals surface area (Å²) in [5, 5.41) is 17.9. The molecule has 2 rings (SSSR count). The van der Waals surface area contributed by atoms with Gasteiger partial charge in [-0.15, -0.1) is 0 Å². The number of nitrogens with two attached hydrogens (primary N) is 1. The molecule has 0 spiro atoms. The summed E-state index contributed by atoms with van der Waals surface area (Å²) in [5.41, 5.74) is 6.53. The van der Waals surface area contributed by atoms with Gasteiger partial charge in [-0.3, -0.25) is 4.79 Å². The molecule has 2 aromatic rings. The number of amidine groups is 1. The molecule has 18 heavy (non-hydrogen) atoms. The molecule has 0 saturated heterocycles. The number of aromatic nitrogens is 2. The fraction of sp³-hybridized carbons (Fsp3) is 0.182. The van der Waals surface area contributed by atoms with Gasteiger partial charge in [0.15, 0.2) is 0 Å². The Morgan fingerprint density at radius 3 is 3.17 bits per heavy atom. The van der Waals surface area contributed by atoms with Crippen LogP contribution in [0.15, 0.2) is 35.7 Å². The van der Waals surface area contributed by atoms with Gasteiger partial charge in [0.25, 0.3) is 5.91 Å². The van der Waals surface area contributed by atoms with Crippen molar-refractivity contribution < 1.29 is 10.0 Å². The zero-order chi connectivity index (χ0) is 13.0. The molecule has 94 valence electrons. The minimum absolute atomic E-state index is 0.0789. The minimum Gasteiger partial charge on any atom is -0.409 e. The van der Waals surface area contributed by atoms with Crippen LogP contribution < -0.4 is 11.1 Å². The second-order valence-corrected chi connectivity index (χ2v) is 3.69. The number of hydrogen-bond donors (Lipinski definition) is 3. The van der Waals surface area contributed by atoms with E-state index >= 15 is 0 Å². The van der Waals surface area contributed by atoms with Gasteiger partial charge in [0, 0.05) is 19.2 Å². The SMILES string of the molecule is N/C(CCNC(=O)c1cnn2ccccc12)=N/O. The van der Waals surface area contributed by atoms with Crippen molar-refractivity contribution in [2.24, 2.45) is 10.9 Å². The van der Waals surface area contributed by atoms with Crippen molar-refractivity contribution in [3.63, 3.8) is 0 Å². The van der Waals surface area contributed by atoms with E-state index in [1.165, 1.54) is 6.20 Å². The van der Waals surface area contributed by atoms with Crippen LogP contribution in [-0.2, 0) is 0 Å². The van der Waals surface area contributed by atoms with Crippen molar-refractivity contribution in [2.45, 2.75) is 6.42 Å². The third-order valence-electron chi connectivity index (χ3n) is 2.47. The maximum atomic E-state index is 11.9. The standard InChI is InChI=1S/C11H13N5O2/c12-10(15-18)4-5-13-11(17)8-7-14-16-6-2-1-3-9(8)16/h1-3,6-7,18H,4-5H2,(H2,12,15)(H,13,17). The normalized spacial score (nSPS) is 11.7. The van der Waals surface area contributed by atoms with Gasteiger partial charge in [0.1, 0.15) is 5.84 Å². The fourth-order valence-electron chi connectivity index (χ4n) is 1.56. The first-order valence-corrected chi connectivity index (χ1v) is 5.39. The number of rotatable bonds is 4. The molecule has 2 heterocycles. The third kappa shape index (κ3) is 2.40. The summed E-state index contributed by atoms with van der Waals surface area (Å²) in [5.74, 6) is -0.155. The van der Waals surface area contributed by atoms with Gasteiger partial charge in [-0.25, -0.2) is 4.52 Å². The summed E-state index contributed by atoms with van der Waals surface area (Å²) in [6.07, 6.45) is 3.57. The minimum atomic E-state index is -0.234. The molecule has 7 heteroatoms. The molecule has 2 aromatic heterocycles. The summed E-state index contributed by atoms with van der Waals surface area (Å²) >= 11 is 0. The number of carbonyl (C=O) groups is 1. The van der Waals surface area contributed by atoms with E-state index < -0.39 is 0 Å². The second-order valence-electron chi connectivity index (χ2n) is 3.69. The van der Waals surface area contributed by atoms with Gasteiger partial charge >= 0.3 is 0 Å². The smallest absolute Gasteiger partial charge is 0.255 e. The Labute approximate surface area is 103 Å². The van der Waals surface area contributed by atoms with Crippen molar-refractivity contribution in [2.75, 3.05) is 6.54 Å². The van der Waals surface area contributed by atoms with Crippen LogP contribution in [0.4, 0.5) is 0 Å². The molecule has 0 atom stereocenters. The number of nitrogens with one attached hydrogen (secondary N) is 1. The summed E-state index contributed by atoms with van der Waals surface area (Å²) in [7, 11) is 0. The van der Waals surface area contributed by atoms with E-state index in [0.29, 0.717) is 18.5 Å². The largest absolute Gasteiger partial charge is 0.409 e. The number of fused-ring (bicyclic) bond motifs is 1. The maximum Gasteiger partial charge on any atom is 0.255 e. The van der Waals surface area contributed by atoms with Crippen LogP contribution >= 0.6 is 0 Å². The zero-order valence-corrected chi connectivity index (χ0v) is 9.58. The first-order valence-electron chi connectivity index (χ1n) is 5.39. The van der Waals surface area contributed by atoms with Crippen LogP contribution in [0.3, 0.4) is 0 Å². The Bertz CT molecular complexity index is 590. The number of nitrogens with zero attached hydrogens (tertiary/aromatic N) is 3. The lowest BCUT2D eigenvalue weighted by Gasteiger charge is -2.03. The highest BCUT2D eigenvalue weighted by molar-refractivity contribution is 6.00. The van der Waals surface area contributed by atoms with Crippen LogP contribution in [0, 0.1) is 0 Å². The van der Waals surface area contributed by atoms with Gasteiger partial charge in [0.05, 0.1) is 17.3 Å². The monoisotopic (exact) mass is 247 g/mol. The van der Waals surface area contributed by atoms with Gasteiger partial charge in [-0.1, -0.05) is 11.2 Å². The number of hydrogen-bond acceptors (Lipinski definition) is 4. The number of pyridine rings is 1. The van der Waals surface area contributed by atoms with E-state index in [1.54, 1.807) is 10.7 Å². The predicted octanol–water partition coefficient (Wildman–Crippen LogP) is 0.201. The third-order valence-corrected chi connectivity index (χ3v) is 2.47. The molecular formula is C11H13N5O2. The molecule has 0 saturated carbocycles. The lowest BCUT2D eigenvalue weighted by atomic mass is 10.2. The Morgan fingerprint density at radius 2 is 2.39 bits per heavy atom. The molecule has 1 amide bonds. The number of carbonyl (C=O) groups excluding carboxylic acids is 1. The van der Waals surface area contributed by atoms with Crippen LogP contribution in [0.5, 0.6) is 0 Å². The predicted molar refractivity (Wildman–Crippen MR) is 65.6 cm³/mol. The Kier molecular flexibility index (Phi) is 3.42. The molecule has 0 aliphatic rings. The van der Waals surface area contributed by atoms with E-state index in [9.17, 15) is 4.79 Å². The quantitative estimate of drug-likeness (QED) is 0.310. The second kappa shape index (κ2) is 5.17. The maximum absolute atomic E-state index is 11.9. The first-order chi connectivity index (χ1) is 8.72. The molecule has 0 bridgehead atoms. The molecule has 0 aliphatic carbocycles. The zero-order valence-electron chi connectivity index (χ0n) is 9.58. The highest BCUT2D eigenvalue weighted by Gasteiger charge is 2.11. The van der Waals surface area contributed by atoms with E-state index in [1.807, 2.05) is 18.2 Å². The van der Waals surface area contributed by atoms with Gasteiger partial charge in [0.2, 0.25) is 0 Å². The van der Waals surface area contributed by atoms with Crippen LogP contribution in [0.1, 0.15) is 16.8 Å². The van der Waals surface area contributed by atoms with Crippen LogP contribution in [0.25, 0.3) is 5.52 Å². The summed E-state index contributed by atoms with van der Waals surface area (Å²) in [6, 6.07) is 5.48. The van der Waals surface area contributed by atoms with Crippen molar-refractivity contribution in [3.8, 4) is 0 Å². The molecule has 7 nitrogen and oxygen atoms in total. The molecule has 0 radical (unpaired) electrons. The molecule has 0 aliphatic heterocycles.